The number of nitrogens with zero attached hydrogens (tertiary/aromatic N) is 1. The zero-order chi connectivity index (χ0) is 23.1. The molecular formula is C25H23Cl2F3N2S. The average Bonchev–Trinajstić information content (AvgIpc) is 3.15. The van der Waals surface area contributed by atoms with Gasteiger partial charge in [-0.2, -0.15) is 13.2 Å². The van der Waals surface area contributed by atoms with Gasteiger partial charge in [-0.05, 0) is 52.9 Å². The average molecular weight is 511 g/mol. The van der Waals surface area contributed by atoms with Gasteiger partial charge in [0, 0.05) is 16.2 Å². The Bertz CT molecular complexity index is 1280. The number of rotatable bonds is 4. The minimum absolute atomic E-state index is 0. The molecule has 33 heavy (non-hydrogen) atoms. The topological polar surface area (TPSA) is 28.7 Å². The first-order chi connectivity index (χ1) is 15.0. The summed E-state index contributed by atoms with van der Waals surface area (Å²) in [5.74, 6) is 0.855. The molecule has 0 bridgehead atoms. The lowest BCUT2D eigenvalue weighted by Gasteiger charge is -2.18. The van der Waals surface area contributed by atoms with E-state index in [4.69, 9.17) is 11.6 Å². The zero-order valence-electron chi connectivity index (χ0n) is 18.3. The van der Waals surface area contributed by atoms with Gasteiger partial charge in [0.05, 0.1) is 21.6 Å². The lowest BCUT2D eigenvalue weighted by molar-refractivity contribution is -0.138. The third-order valence-corrected chi connectivity index (χ3v) is 6.80. The molecule has 0 fully saturated rings. The summed E-state index contributed by atoms with van der Waals surface area (Å²) in [4.78, 5) is 8.75. The second-order valence-corrected chi connectivity index (χ2v) is 10.1. The van der Waals surface area contributed by atoms with Crippen molar-refractivity contribution in [1.82, 2.24) is 9.97 Å². The molecule has 0 amide bonds. The van der Waals surface area contributed by atoms with Crippen LogP contribution in [0, 0.1) is 0 Å². The monoisotopic (exact) mass is 510 g/mol. The highest BCUT2D eigenvalue weighted by Gasteiger charge is 2.32. The molecule has 0 aliphatic heterocycles. The number of thioether (sulfide) groups is 1. The van der Waals surface area contributed by atoms with Gasteiger partial charge in [0.1, 0.15) is 5.82 Å². The number of alkyl halides is 3. The first kappa shape index (κ1) is 25.5. The second kappa shape index (κ2) is 9.61. The lowest BCUT2D eigenvalue weighted by atomic mass is 9.87. The third-order valence-electron chi connectivity index (χ3n) is 5.26. The van der Waals surface area contributed by atoms with E-state index in [-0.39, 0.29) is 29.1 Å². The van der Waals surface area contributed by atoms with Crippen LogP contribution in [0.3, 0.4) is 0 Å². The molecule has 0 radical (unpaired) electrons. The highest BCUT2D eigenvalue weighted by Crippen LogP contribution is 2.38. The molecule has 8 heteroatoms. The number of benzene rings is 3. The van der Waals surface area contributed by atoms with Gasteiger partial charge in [-0.25, -0.2) is 4.98 Å². The summed E-state index contributed by atoms with van der Waals surface area (Å²) in [6, 6.07) is 17.3. The van der Waals surface area contributed by atoms with Crippen LogP contribution in [0.4, 0.5) is 13.2 Å². The molecule has 0 saturated heterocycles. The van der Waals surface area contributed by atoms with Gasteiger partial charge in [-0.3, -0.25) is 0 Å². The molecule has 3 aromatic carbocycles. The van der Waals surface area contributed by atoms with Crippen LogP contribution in [-0.2, 0) is 17.3 Å². The van der Waals surface area contributed by atoms with Gasteiger partial charge in [-0.15, -0.1) is 24.2 Å². The van der Waals surface area contributed by atoms with Crippen LogP contribution in [0.1, 0.15) is 37.5 Å². The number of hydrogen-bond donors (Lipinski definition) is 1. The van der Waals surface area contributed by atoms with Crippen molar-refractivity contribution in [2.45, 2.75) is 43.0 Å². The van der Waals surface area contributed by atoms with Crippen LogP contribution in [-0.4, -0.2) is 9.97 Å². The molecule has 0 aliphatic rings. The highest BCUT2D eigenvalue weighted by atomic mass is 35.5. The van der Waals surface area contributed by atoms with Crippen LogP contribution in [0.25, 0.3) is 22.4 Å². The van der Waals surface area contributed by atoms with Gasteiger partial charge in [0.15, 0.2) is 0 Å². The number of H-pyrrole nitrogens is 1. The smallest absolute Gasteiger partial charge is 0.338 e. The Kier molecular flexibility index (Phi) is 7.42. The largest absolute Gasteiger partial charge is 0.416 e. The molecule has 174 valence electrons. The van der Waals surface area contributed by atoms with Gasteiger partial charge in [0.25, 0.3) is 0 Å². The van der Waals surface area contributed by atoms with Gasteiger partial charge < -0.3 is 4.98 Å². The normalized spacial score (nSPS) is 12.1. The van der Waals surface area contributed by atoms with E-state index in [0.717, 1.165) is 22.7 Å². The molecule has 1 N–H and O–H groups in total. The molecule has 0 aliphatic carbocycles. The van der Waals surface area contributed by atoms with E-state index in [9.17, 15) is 13.2 Å². The summed E-state index contributed by atoms with van der Waals surface area (Å²) >= 11 is 7.63. The Balaban J connectivity index is 0.00000306. The summed E-state index contributed by atoms with van der Waals surface area (Å²) in [6.07, 6.45) is -4.39. The first-order valence-corrected chi connectivity index (χ1v) is 11.5. The Morgan fingerprint density at radius 2 is 1.70 bits per heavy atom. The summed E-state index contributed by atoms with van der Waals surface area (Å²) < 4.78 is 39.9. The van der Waals surface area contributed by atoms with Crippen molar-refractivity contribution in [3.63, 3.8) is 0 Å². The predicted octanol–water partition coefficient (Wildman–Crippen LogP) is 8.91. The fraction of sp³-hybridized carbons (Fsp3) is 0.240. The molecule has 0 saturated carbocycles. The van der Waals surface area contributed by atoms with E-state index in [1.165, 1.54) is 29.5 Å². The maximum absolute atomic E-state index is 13.3. The molecule has 0 spiro atoms. The van der Waals surface area contributed by atoms with E-state index >= 15 is 0 Å². The van der Waals surface area contributed by atoms with Crippen LogP contribution < -0.4 is 0 Å². The summed E-state index contributed by atoms with van der Waals surface area (Å²) in [5.41, 5.74) is 3.46. The van der Waals surface area contributed by atoms with Crippen molar-refractivity contribution in [1.29, 1.82) is 0 Å². The van der Waals surface area contributed by atoms with E-state index in [0.29, 0.717) is 15.7 Å². The van der Waals surface area contributed by atoms with Crippen molar-refractivity contribution < 1.29 is 13.2 Å². The molecule has 1 aromatic heterocycles. The standard InChI is InChI=1S/C25H22ClF3N2S.ClH/c1-24(2,3)17-9-11-20-21(13-17)31-23(30-20)15-8-10-19(26)22(12-15)32-14-16-6-4-5-7-18(16)25(27,28)29;/h4-13H,14H2,1-3H3,(H,30,31);1H. The number of hydrogen-bond acceptors (Lipinski definition) is 2. The zero-order valence-corrected chi connectivity index (χ0v) is 20.6. The summed E-state index contributed by atoms with van der Waals surface area (Å²) in [7, 11) is 0. The maximum atomic E-state index is 13.3. The minimum Gasteiger partial charge on any atom is -0.338 e. The van der Waals surface area contributed by atoms with Gasteiger partial charge >= 0.3 is 6.18 Å². The highest BCUT2D eigenvalue weighted by molar-refractivity contribution is 7.98. The van der Waals surface area contributed by atoms with Crippen molar-refractivity contribution >= 4 is 46.8 Å². The first-order valence-electron chi connectivity index (χ1n) is 10.1. The van der Waals surface area contributed by atoms with Crippen LogP contribution in [0.2, 0.25) is 5.02 Å². The van der Waals surface area contributed by atoms with Crippen molar-refractivity contribution in [3.05, 3.63) is 82.4 Å². The van der Waals surface area contributed by atoms with Crippen molar-refractivity contribution in [2.75, 3.05) is 0 Å². The molecule has 0 atom stereocenters. The van der Waals surface area contributed by atoms with E-state index in [1.54, 1.807) is 12.1 Å². The maximum Gasteiger partial charge on any atom is 0.416 e. The lowest BCUT2D eigenvalue weighted by Crippen LogP contribution is -2.10. The quantitative estimate of drug-likeness (QED) is 0.277. The van der Waals surface area contributed by atoms with Crippen molar-refractivity contribution in [2.24, 2.45) is 0 Å². The van der Waals surface area contributed by atoms with Gasteiger partial charge in [0.2, 0.25) is 0 Å². The third kappa shape index (κ3) is 5.68. The van der Waals surface area contributed by atoms with Crippen LogP contribution >= 0.6 is 35.8 Å². The minimum atomic E-state index is -4.39. The molecule has 4 aromatic rings. The van der Waals surface area contributed by atoms with E-state index in [2.05, 4.69) is 42.9 Å². The molecule has 1 heterocycles. The van der Waals surface area contributed by atoms with Gasteiger partial charge in [-0.1, -0.05) is 56.6 Å². The van der Waals surface area contributed by atoms with Crippen molar-refractivity contribution in [3.8, 4) is 11.4 Å². The summed E-state index contributed by atoms with van der Waals surface area (Å²) in [6.45, 7) is 6.47. The molecule has 2 nitrogen and oxygen atoms in total. The number of aromatic amines is 1. The Labute approximate surface area is 206 Å². The molecule has 4 rings (SSSR count). The molecular weight excluding hydrogens is 488 g/mol. The number of aromatic nitrogens is 2. The SMILES string of the molecule is CC(C)(C)c1ccc2nc(-c3ccc(Cl)c(SCc4ccccc4C(F)(F)F)c3)[nH]c2c1.Cl. The Morgan fingerprint density at radius 1 is 0.970 bits per heavy atom. The van der Waals surface area contributed by atoms with Crippen LogP contribution in [0.5, 0.6) is 0 Å². The van der Waals surface area contributed by atoms with E-state index < -0.39 is 11.7 Å². The number of nitrogens with one attached hydrogen (secondary N) is 1. The predicted molar refractivity (Wildman–Crippen MR) is 133 cm³/mol. The summed E-state index contributed by atoms with van der Waals surface area (Å²) in [5, 5.41) is 0.495. The number of halogens is 5. The Morgan fingerprint density at radius 3 is 2.39 bits per heavy atom. The fourth-order valence-electron chi connectivity index (χ4n) is 3.45. The molecule has 0 unspecified atom stereocenters. The van der Waals surface area contributed by atoms with E-state index in [1.807, 2.05) is 18.2 Å². The fourth-order valence-corrected chi connectivity index (χ4v) is 4.71. The Hall–Kier alpha value is -2.15. The number of imidazole rings is 1. The second-order valence-electron chi connectivity index (χ2n) is 8.66. The number of fused-ring (bicyclic) bond motifs is 1. The van der Waals surface area contributed by atoms with Crippen LogP contribution in [0.15, 0.2) is 65.6 Å².